The number of aromatic nitrogens is 1. The maximum Gasteiger partial charge on any atom is 0.490 e. The Kier molecular flexibility index (Phi) is 11.1. The summed E-state index contributed by atoms with van der Waals surface area (Å²) >= 11 is 1.58. The Morgan fingerprint density at radius 1 is 1.25 bits per heavy atom. The minimum atomic E-state index is -5.08. The molecule has 36 heavy (non-hydrogen) atoms. The number of piperidine rings is 1. The fraction of sp³-hybridized carbons (Fsp3) is 0.522. The third-order valence-corrected chi connectivity index (χ3v) is 6.42. The Labute approximate surface area is 210 Å². The number of nitrogens with one attached hydrogen (secondary N) is 1. The van der Waals surface area contributed by atoms with Crippen molar-refractivity contribution in [1.29, 1.82) is 0 Å². The zero-order chi connectivity index (χ0) is 26.9. The number of benzene rings is 1. The maximum atomic E-state index is 13.0. The number of nitrogens with zero attached hydrogens (tertiary/aromatic N) is 3. The molecule has 2 amide bonds. The number of carbonyl (C=O) groups excluding carboxylic acids is 1. The van der Waals surface area contributed by atoms with Gasteiger partial charge in [-0.15, -0.1) is 11.3 Å². The summed E-state index contributed by atoms with van der Waals surface area (Å²) in [7, 11) is 1.83. The van der Waals surface area contributed by atoms with E-state index in [2.05, 4.69) is 15.2 Å². The lowest BCUT2D eigenvalue weighted by Gasteiger charge is -2.34. The van der Waals surface area contributed by atoms with Gasteiger partial charge in [-0.05, 0) is 56.5 Å². The van der Waals surface area contributed by atoms with Gasteiger partial charge in [0.05, 0.1) is 23.4 Å². The molecular weight excluding hydrogens is 504 g/mol. The molecule has 1 aliphatic heterocycles. The molecule has 1 aromatic heterocycles. The van der Waals surface area contributed by atoms with Crippen LogP contribution in [-0.2, 0) is 11.3 Å². The van der Waals surface area contributed by atoms with Gasteiger partial charge in [-0.3, -0.25) is 0 Å². The summed E-state index contributed by atoms with van der Waals surface area (Å²) in [6.07, 6.45) is -3.73. The molecule has 13 heteroatoms. The van der Waals surface area contributed by atoms with Gasteiger partial charge in [-0.2, -0.15) is 13.2 Å². The molecule has 1 atom stereocenters. The van der Waals surface area contributed by atoms with E-state index in [1.54, 1.807) is 28.4 Å². The van der Waals surface area contributed by atoms with Gasteiger partial charge in [0, 0.05) is 25.5 Å². The van der Waals surface area contributed by atoms with Crippen molar-refractivity contribution in [3.63, 3.8) is 0 Å². The van der Waals surface area contributed by atoms with E-state index in [0.29, 0.717) is 19.0 Å². The minimum absolute atomic E-state index is 0.0789. The van der Waals surface area contributed by atoms with Crippen molar-refractivity contribution in [2.75, 3.05) is 33.2 Å². The number of aryl methyl sites for hydroxylation is 1. The van der Waals surface area contributed by atoms with Crippen LogP contribution in [0.5, 0.6) is 0 Å². The predicted octanol–water partition coefficient (Wildman–Crippen LogP) is 3.81. The maximum absolute atomic E-state index is 13.0. The zero-order valence-electron chi connectivity index (χ0n) is 20.0. The monoisotopic (exact) mass is 534 g/mol. The number of alkyl halides is 3. The van der Waals surface area contributed by atoms with Crippen molar-refractivity contribution in [2.24, 2.45) is 5.92 Å². The Bertz CT molecular complexity index is 979. The smallest absolute Gasteiger partial charge is 0.475 e. The third-order valence-electron chi connectivity index (χ3n) is 5.60. The molecule has 0 aliphatic carbocycles. The topological polar surface area (TPSA) is 106 Å². The number of amides is 2. The molecule has 2 aromatic rings. The highest BCUT2D eigenvalue weighted by Crippen LogP contribution is 2.22. The summed E-state index contributed by atoms with van der Waals surface area (Å²) in [6.45, 7) is 5.44. The van der Waals surface area contributed by atoms with E-state index in [4.69, 9.17) is 9.90 Å². The highest BCUT2D eigenvalue weighted by atomic mass is 32.1. The summed E-state index contributed by atoms with van der Waals surface area (Å²) < 4.78 is 44.8. The number of aliphatic hydroxyl groups is 1. The molecule has 3 N–H and O–H groups in total. The average Bonchev–Trinajstić information content (AvgIpc) is 3.24. The van der Waals surface area contributed by atoms with Crippen molar-refractivity contribution in [2.45, 2.75) is 38.6 Å². The average molecular weight is 535 g/mol. The second kappa shape index (κ2) is 13.5. The van der Waals surface area contributed by atoms with Gasteiger partial charge < -0.3 is 25.3 Å². The summed E-state index contributed by atoms with van der Waals surface area (Å²) in [6, 6.07) is 5.94. The lowest BCUT2D eigenvalue weighted by Crippen LogP contribution is -2.43. The van der Waals surface area contributed by atoms with Crippen LogP contribution in [0.4, 0.5) is 22.4 Å². The lowest BCUT2D eigenvalue weighted by atomic mass is 9.95. The third kappa shape index (κ3) is 10.1. The molecule has 0 spiro atoms. The van der Waals surface area contributed by atoms with Gasteiger partial charge in [0.1, 0.15) is 5.82 Å². The van der Waals surface area contributed by atoms with E-state index in [1.165, 1.54) is 12.1 Å². The van der Waals surface area contributed by atoms with E-state index in [1.807, 2.05) is 19.4 Å². The van der Waals surface area contributed by atoms with Crippen molar-refractivity contribution in [1.82, 2.24) is 20.1 Å². The number of likely N-dealkylation sites (tertiary alicyclic amines) is 1. The molecule has 3 rings (SSSR count). The Morgan fingerprint density at radius 3 is 2.33 bits per heavy atom. The molecular formula is C23H30F4N4O4S. The number of rotatable bonds is 7. The minimum Gasteiger partial charge on any atom is -0.475 e. The number of carboxylic acids is 1. The Hall–Kier alpha value is -2.77. The second-order valence-corrected chi connectivity index (χ2v) is 9.57. The fourth-order valence-corrected chi connectivity index (χ4v) is 4.26. The number of hydrogen-bond acceptors (Lipinski definition) is 6. The lowest BCUT2D eigenvalue weighted by molar-refractivity contribution is -0.192. The number of urea groups is 1. The largest absolute Gasteiger partial charge is 0.490 e. The summed E-state index contributed by atoms with van der Waals surface area (Å²) in [4.78, 5) is 29.5. The Balaban J connectivity index is 0.000000572. The molecule has 1 fully saturated rings. The van der Waals surface area contributed by atoms with Gasteiger partial charge in [0.25, 0.3) is 0 Å². The van der Waals surface area contributed by atoms with Gasteiger partial charge >= 0.3 is 18.2 Å². The predicted molar refractivity (Wildman–Crippen MR) is 126 cm³/mol. The van der Waals surface area contributed by atoms with Crippen molar-refractivity contribution >= 4 is 23.3 Å². The number of thiazole rings is 1. The van der Waals surface area contributed by atoms with E-state index in [9.17, 15) is 27.5 Å². The van der Waals surface area contributed by atoms with Crippen molar-refractivity contribution in [3.8, 4) is 0 Å². The van der Waals surface area contributed by atoms with Crippen LogP contribution in [-0.4, -0.2) is 76.4 Å². The number of aliphatic hydroxyl groups excluding tert-OH is 1. The molecule has 1 saturated heterocycles. The Morgan fingerprint density at radius 2 is 1.83 bits per heavy atom. The summed E-state index contributed by atoms with van der Waals surface area (Å²) in [5, 5.41) is 23.4. The van der Waals surface area contributed by atoms with E-state index in [0.717, 1.165) is 48.7 Å². The zero-order valence-corrected chi connectivity index (χ0v) is 20.8. The van der Waals surface area contributed by atoms with Crippen molar-refractivity contribution < 1.29 is 37.4 Å². The first-order chi connectivity index (χ1) is 16.8. The first kappa shape index (κ1) is 29.5. The van der Waals surface area contributed by atoms with Crippen LogP contribution < -0.4 is 5.32 Å². The number of halogens is 4. The molecule has 200 valence electrons. The van der Waals surface area contributed by atoms with E-state index in [-0.39, 0.29) is 11.8 Å². The number of carbonyl (C=O) groups is 2. The van der Waals surface area contributed by atoms with Crippen molar-refractivity contribution in [3.05, 3.63) is 51.7 Å². The van der Waals surface area contributed by atoms with E-state index < -0.39 is 18.2 Å². The quantitative estimate of drug-likeness (QED) is 0.467. The van der Waals surface area contributed by atoms with Crippen LogP contribution in [0.15, 0.2) is 29.6 Å². The molecule has 0 radical (unpaired) electrons. The summed E-state index contributed by atoms with van der Waals surface area (Å²) in [5.41, 5.74) is 1.63. The normalized spacial score (nSPS) is 15.5. The number of β-amino-alcohol motifs (C(OH)–C–C–N with tert-alkyl or cyclic N) is 1. The van der Waals surface area contributed by atoms with Gasteiger partial charge in [-0.1, -0.05) is 12.1 Å². The van der Waals surface area contributed by atoms with Gasteiger partial charge in [-0.25, -0.2) is 19.0 Å². The first-order valence-electron chi connectivity index (χ1n) is 11.2. The SMILES string of the molecule is Cc1nc(CNC(=O)N(C)CC2CCN(CC(O)c3ccc(F)cc3)CC2)cs1.O=C(O)C(F)(F)F. The number of hydrogen-bond donors (Lipinski definition) is 3. The first-order valence-corrected chi connectivity index (χ1v) is 12.1. The molecule has 8 nitrogen and oxygen atoms in total. The van der Waals surface area contributed by atoms with E-state index >= 15 is 0 Å². The van der Waals surface area contributed by atoms with Crippen LogP contribution >= 0.6 is 11.3 Å². The molecule has 2 heterocycles. The molecule has 0 saturated carbocycles. The van der Waals surface area contributed by atoms with Crippen LogP contribution in [0.1, 0.15) is 35.2 Å². The molecule has 1 aliphatic rings. The molecule has 1 unspecified atom stereocenters. The standard InChI is InChI=1S/C21H29FN4O2S.C2HF3O2/c1-15-24-19(14-29-15)11-23-21(28)25(2)12-16-7-9-26(10-8-16)13-20(27)17-3-5-18(22)6-4-17;3-2(4,5)1(6)7/h3-6,14,16,20,27H,7-13H2,1-2H3,(H,23,28);(H,6,7). The second-order valence-electron chi connectivity index (χ2n) is 8.51. The van der Waals surface area contributed by atoms with Crippen LogP contribution in [0.2, 0.25) is 0 Å². The molecule has 1 aromatic carbocycles. The van der Waals surface area contributed by atoms with Crippen LogP contribution in [0.25, 0.3) is 0 Å². The summed E-state index contributed by atoms with van der Waals surface area (Å²) in [5.74, 6) is -2.60. The van der Waals surface area contributed by atoms with Gasteiger partial charge in [0.15, 0.2) is 0 Å². The van der Waals surface area contributed by atoms with Crippen LogP contribution in [0, 0.1) is 18.7 Å². The number of aliphatic carboxylic acids is 1. The number of carboxylic acid groups (broad SMARTS) is 1. The van der Waals surface area contributed by atoms with Gasteiger partial charge in [0.2, 0.25) is 0 Å². The highest BCUT2D eigenvalue weighted by Gasteiger charge is 2.38. The molecule has 0 bridgehead atoms. The fourth-order valence-electron chi connectivity index (χ4n) is 3.65. The highest BCUT2D eigenvalue weighted by molar-refractivity contribution is 7.09. The van der Waals surface area contributed by atoms with Crippen LogP contribution in [0.3, 0.4) is 0 Å².